The van der Waals surface area contributed by atoms with Gasteiger partial charge in [-0.15, -0.1) is 0 Å². The van der Waals surface area contributed by atoms with Crippen LogP contribution in [0.3, 0.4) is 0 Å². The number of ketones is 1. The first-order valence-electron chi connectivity index (χ1n) is 6.96. The van der Waals surface area contributed by atoms with E-state index in [1.807, 2.05) is 6.07 Å². The molecule has 0 bridgehead atoms. The first kappa shape index (κ1) is 13.5. The molecule has 108 valence electrons. The Balaban J connectivity index is 2.17. The van der Waals surface area contributed by atoms with E-state index in [0.29, 0.717) is 29.9 Å². The number of pyridine rings is 1. The summed E-state index contributed by atoms with van der Waals surface area (Å²) in [6, 6.07) is 5.35. The molecular formula is C15H15N3O3. The minimum Gasteiger partial charge on any atom is -0.461 e. The van der Waals surface area contributed by atoms with Gasteiger partial charge < -0.3 is 4.74 Å². The maximum Gasteiger partial charge on any atom is 0.359 e. The van der Waals surface area contributed by atoms with Crippen molar-refractivity contribution in [2.45, 2.75) is 26.2 Å². The third-order valence-electron chi connectivity index (χ3n) is 3.41. The van der Waals surface area contributed by atoms with E-state index in [9.17, 15) is 9.59 Å². The summed E-state index contributed by atoms with van der Waals surface area (Å²) in [7, 11) is 0. The van der Waals surface area contributed by atoms with Crippen LogP contribution in [0.5, 0.6) is 0 Å². The third-order valence-corrected chi connectivity index (χ3v) is 3.41. The standard InChI is InChI=1S/C15H15N3O3/c1-2-21-15(20)13-10-6-5-7-11(19)14(10)18(17-13)12-8-3-4-9-16-12/h3-4,8-9H,2,5-7H2,1H3. The highest BCUT2D eigenvalue weighted by Gasteiger charge is 2.31. The van der Waals surface area contributed by atoms with Gasteiger partial charge in [0.1, 0.15) is 5.69 Å². The second-order valence-electron chi connectivity index (χ2n) is 4.77. The van der Waals surface area contributed by atoms with E-state index >= 15 is 0 Å². The number of Topliss-reactive ketones (excluding diaryl/α,β-unsaturated/α-hetero) is 1. The Morgan fingerprint density at radius 2 is 2.24 bits per heavy atom. The number of hydrogen-bond acceptors (Lipinski definition) is 5. The maximum atomic E-state index is 12.2. The molecule has 0 aromatic carbocycles. The number of rotatable bonds is 3. The Morgan fingerprint density at radius 1 is 1.38 bits per heavy atom. The molecule has 0 amide bonds. The van der Waals surface area contributed by atoms with Crippen molar-refractivity contribution >= 4 is 11.8 Å². The summed E-state index contributed by atoms with van der Waals surface area (Å²) >= 11 is 0. The van der Waals surface area contributed by atoms with Crippen LogP contribution >= 0.6 is 0 Å². The summed E-state index contributed by atoms with van der Waals surface area (Å²) in [6.07, 6.45) is 3.47. The quantitative estimate of drug-likeness (QED) is 0.806. The first-order valence-corrected chi connectivity index (χ1v) is 6.96. The number of carbonyl (C=O) groups excluding carboxylic acids is 2. The number of aromatic nitrogens is 3. The summed E-state index contributed by atoms with van der Waals surface area (Å²) in [5, 5.41) is 4.29. The molecule has 6 heteroatoms. The van der Waals surface area contributed by atoms with Crippen LogP contribution in [0, 0.1) is 0 Å². The van der Waals surface area contributed by atoms with Crippen molar-refractivity contribution in [3.8, 4) is 5.82 Å². The predicted molar refractivity (Wildman–Crippen MR) is 74.6 cm³/mol. The Bertz CT molecular complexity index is 692. The molecule has 0 atom stereocenters. The molecule has 0 aliphatic heterocycles. The molecule has 0 fully saturated rings. The second kappa shape index (κ2) is 5.47. The molecule has 0 saturated carbocycles. The largest absolute Gasteiger partial charge is 0.461 e. The SMILES string of the molecule is CCOC(=O)c1nn(-c2ccccn2)c2c1CCCC2=O. The monoisotopic (exact) mass is 285 g/mol. The molecule has 1 aliphatic carbocycles. The molecule has 0 spiro atoms. The van der Waals surface area contributed by atoms with Gasteiger partial charge >= 0.3 is 5.97 Å². The van der Waals surface area contributed by atoms with Crippen molar-refractivity contribution in [1.29, 1.82) is 0 Å². The van der Waals surface area contributed by atoms with Gasteiger partial charge in [0, 0.05) is 18.2 Å². The fourth-order valence-electron chi connectivity index (χ4n) is 2.53. The summed E-state index contributed by atoms with van der Waals surface area (Å²) < 4.78 is 6.49. The van der Waals surface area contributed by atoms with E-state index in [1.165, 1.54) is 4.68 Å². The van der Waals surface area contributed by atoms with Crippen molar-refractivity contribution < 1.29 is 14.3 Å². The highest BCUT2D eigenvalue weighted by atomic mass is 16.5. The van der Waals surface area contributed by atoms with Crippen LogP contribution in [0.2, 0.25) is 0 Å². The van der Waals surface area contributed by atoms with Crippen molar-refractivity contribution in [2.75, 3.05) is 6.61 Å². The molecule has 2 heterocycles. The van der Waals surface area contributed by atoms with E-state index < -0.39 is 5.97 Å². The highest BCUT2D eigenvalue weighted by molar-refractivity contribution is 6.01. The van der Waals surface area contributed by atoms with Gasteiger partial charge in [0.25, 0.3) is 0 Å². The minimum atomic E-state index is -0.488. The number of hydrogen-bond donors (Lipinski definition) is 0. The number of ether oxygens (including phenoxy) is 1. The molecule has 2 aromatic rings. The fraction of sp³-hybridized carbons (Fsp3) is 0.333. The zero-order valence-corrected chi connectivity index (χ0v) is 11.7. The van der Waals surface area contributed by atoms with Crippen molar-refractivity contribution in [2.24, 2.45) is 0 Å². The highest BCUT2D eigenvalue weighted by Crippen LogP contribution is 2.26. The maximum absolute atomic E-state index is 12.2. The Kier molecular flexibility index (Phi) is 3.51. The van der Waals surface area contributed by atoms with Gasteiger partial charge in [0.05, 0.1) is 6.61 Å². The van der Waals surface area contributed by atoms with Gasteiger partial charge in [0.2, 0.25) is 0 Å². The van der Waals surface area contributed by atoms with Crippen LogP contribution in [-0.4, -0.2) is 33.1 Å². The van der Waals surface area contributed by atoms with Crippen LogP contribution in [0.25, 0.3) is 5.82 Å². The van der Waals surface area contributed by atoms with E-state index in [0.717, 1.165) is 6.42 Å². The second-order valence-corrected chi connectivity index (χ2v) is 4.77. The van der Waals surface area contributed by atoms with Gasteiger partial charge in [-0.1, -0.05) is 6.07 Å². The molecule has 2 aromatic heterocycles. The van der Waals surface area contributed by atoms with Gasteiger partial charge in [0.15, 0.2) is 17.3 Å². The van der Waals surface area contributed by atoms with E-state index in [4.69, 9.17) is 4.74 Å². The smallest absolute Gasteiger partial charge is 0.359 e. The summed E-state index contributed by atoms with van der Waals surface area (Å²) in [5.74, 6) is 0.0302. The van der Waals surface area contributed by atoms with Crippen LogP contribution in [0.15, 0.2) is 24.4 Å². The van der Waals surface area contributed by atoms with Crippen LogP contribution in [0.4, 0.5) is 0 Å². The van der Waals surface area contributed by atoms with Gasteiger partial charge in [-0.05, 0) is 31.9 Å². The summed E-state index contributed by atoms with van der Waals surface area (Å²) in [5.41, 5.74) is 1.36. The molecule has 0 unspecified atom stereocenters. The molecular weight excluding hydrogens is 270 g/mol. The number of carbonyl (C=O) groups is 2. The lowest BCUT2D eigenvalue weighted by Gasteiger charge is -2.12. The summed E-state index contributed by atoms with van der Waals surface area (Å²) in [6.45, 7) is 2.02. The van der Waals surface area contributed by atoms with Gasteiger partial charge in [-0.2, -0.15) is 5.10 Å². The van der Waals surface area contributed by atoms with E-state index in [1.54, 1.807) is 25.3 Å². The lowest BCUT2D eigenvalue weighted by atomic mass is 9.94. The zero-order chi connectivity index (χ0) is 14.8. The van der Waals surface area contributed by atoms with Crippen molar-refractivity contribution in [3.05, 3.63) is 41.3 Å². The molecule has 1 aliphatic rings. The van der Waals surface area contributed by atoms with Crippen LogP contribution in [0.1, 0.15) is 46.3 Å². The van der Waals surface area contributed by atoms with Crippen LogP contribution in [-0.2, 0) is 11.2 Å². The lowest BCUT2D eigenvalue weighted by Crippen LogP contribution is -2.16. The molecule has 0 N–H and O–H groups in total. The first-order chi connectivity index (χ1) is 10.2. The molecule has 21 heavy (non-hydrogen) atoms. The predicted octanol–water partition coefficient (Wildman–Crippen LogP) is 1.96. The van der Waals surface area contributed by atoms with Crippen molar-refractivity contribution in [1.82, 2.24) is 14.8 Å². The summed E-state index contributed by atoms with van der Waals surface area (Å²) in [4.78, 5) is 28.5. The number of fused-ring (bicyclic) bond motifs is 1. The zero-order valence-electron chi connectivity index (χ0n) is 11.7. The van der Waals surface area contributed by atoms with E-state index in [2.05, 4.69) is 10.1 Å². The molecule has 0 radical (unpaired) electrons. The van der Waals surface area contributed by atoms with Gasteiger partial charge in [-0.3, -0.25) is 4.79 Å². The molecule has 0 saturated heterocycles. The Labute approximate surface area is 121 Å². The average molecular weight is 285 g/mol. The fourth-order valence-corrected chi connectivity index (χ4v) is 2.53. The van der Waals surface area contributed by atoms with Crippen molar-refractivity contribution in [3.63, 3.8) is 0 Å². The van der Waals surface area contributed by atoms with E-state index in [-0.39, 0.29) is 18.1 Å². The Morgan fingerprint density at radius 3 is 2.95 bits per heavy atom. The van der Waals surface area contributed by atoms with Gasteiger partial charge in [-0.25, -0.2) is 14.5 Å². The normalized spacial score (nSPS) is 13.9. The Hall–Kier alpha value is -2.50. The topological polar surface area (TPSA) is 74.1 Å². The number of nitrogens with zero attached hydrogens (tertiary/aromatic N) is 3. The minimum absolute atomic E-state index is 0.00930. The molecule has 6 nitrogen and oxygen atoms in total. The van der Waals surface area contributed by atoms with Crippen LogP contribution < -0.4 is 0 Å². The molecule has 3 rings (SSSR count). The lowest BCUT2D eigenvalue weighted by molar-refractivity contribution is 0.0517. The average Bonchev–Trinajstić information content (AvgIpc) is 2.89. The number of esters is 1. The third kappa shape index (κ3) is 2.33.